The van der Waals surface area contributed by atoms with Crippen molar-refractivity contribution in [1.29, 1.82) is 0 Å². The van der Waals surface area contributed by atoms with Gasteiger partial charge in [0.25, 0.3) is 0 Å². The lowest BCUT2D eigenvalue weighted by Gasteiger charge is -2.15. The molecule has 0 saturated heterocycles. The van der Waals surface area contributed by atoms with E-state index in [1.807, 2.05) is 29.9 Å². The van der Waals surface area contributed by atoms with Crippen molar-refractivity contribution in [3.63, 3.8) is 0 Å². The van der Waals surface area contributed by atoms with E-state index in [0.717, 1.165) is 33.4 Å². The van der Waals surface area contributed by atoms with E-state index < -0.39 is 0 Å². The Morgan fingerprint density at radius 2 is 2.10 bits per heavy atom. The molecule has 2 rings (SSSR count). The molecule has 0 unspecified atom stereocenters. The molecule has 1 aromatic heterocycles. The molecule has 2 aromatic rings. The van der Waals surface area contributed by atoms with E-state index in [9.17, 15) is 0 Å². The first-order valence-corrected chi connectivity index (χ1v) is 7.47. The highest BCUT2D eigenvalue weighted by Gasteiger charge is 2.14. The molecule has 1 atom stereocenters. The summed E-state index contributed by atoms with van der Waals surface area (Å²) < 4.78 is 1.85. The van der Waals surface area contributed by atoms with Gasteiger partial charge >= 0.3 is 0 Å². The van der Waals surface area contributed by atoms with Crippen LogP contribution in [-0.4, -0.2) is 9.78 Å². The van der Waals surface area contributed by atoms with E-state index in [0.29, 0.717) is 6.54 Å². The number of halogens is 2. The van der Waals surface area contributed by atoms with E-state index in [2.05, 4.69) is 30.3 Å². The van der Waals surface area contributed by atoms with Crippen LogP contribution in [0, 0.1) is 0 Å². The topological polar surface area (TPSA) is 29.9 Å². The van der Waals surface area contributed by atoms with Crippen LogP contribution < -0.4 is 5.32 Å². The highest BCUT2D eigenvalue weighted by Crippen LogP contribution is 2.22. The van der Waals surface area contributed by atoms with Gasteiger partial charge < -0.3 is 5.32 Å². The van der Waals surface area contributed by atoms with Crippen LogP contribution in [0.15, 0.2) is 24.3 Å². The minimum atomic E-state index is 0.199. The predicted molar refractivity (Wildman–Crippen MR) is 84.3 cm³/mol. The summed E-state index contributed by atoms with van der Waals surface area (Å²) in [6, 6.07) is 8.07. The monoisotopic (exact) mass is 311 g/mol. The van der Waals surface area contributed by atoms with Crippen LogP contribution in [0.4, 0.5) is 0 Å². The maximum atomic E-state index is 6.34. The fourth-order valence-corrected chi connectivity index (χ4v) is 2.71. The van der Waals surface area contributed by atoms with E-state index in [1.54, 1.807) is 0 Å². The molecular formula is C15H19Cl2N3. The van der Waals surface area contributed by atoms with Crippen molar-refractivity contribution >= 4 is 23.2 Å². The summed E-state index contributed by atoms with van der Waals surface area (Å²) in [6.45, 7) is 4.84. The number of nitrogens with zero attached hydrogens (tertiary/aromatic N) is 2. The molecule has 0 bridgehead atoms. The smallest absolute Gasteiger partial charge is 0.0863 e. The van der Waals surface area contributed by atoms with Gasteiger partial charge in [0, 0.05) is 24.7 Å². The Balaban J connectivity index is 2.07. The standard InChI is InChI=1S/C15H19Cl2N3/c1-4-13-15(17)14(20(3)19-13)9-18-10(2)11-6-5-7-12(16)8-11/h5-8,10,18H,4,9H2,1-3H3/t10-/m1/s1. The molecule has 0 spiro atoms. The van der Waals surface area contributed by atoms with Gasteiger partial charge in [-0.25, -0.2) is 0 Å². The molecule has 3 nitrogen and oxygen atoms in total. The Morgan fingerprint density at radius 1 is 1.35 bits per heavy atom. The van der Waals surface area contributed by atoms with Crippen LogP contribution in [0.25, 0.3) is 0 Å². The van der Waals surface area contributed by atoms with Crippen molar-refractivity contribution in [1.82, 2.24) is 15.1 Å². The maximum absolute atomic E-state index is 6.34. The predicted octanol–water partition coefficient (Wildman–Crippen LogP) is 4.14. The van der Waals surface area contributed by atoms with Crippen molar-refractivity contribution in [3.8, 4) is 0 Å². The lowest BCUT2D eigenvalue weighted by Crippen LogP contribution is -2.20. The molecular weight excluding hydrogens is 293 g/mol. The van der Waals surface area contributed by atoms with Crippen LogP contribution >= 0.6 is 23.2 Å². The Bertz CT molecular complexity index is 593. The van der Waals surface area contributed by atoms with Gasteiger partial charge in [-0.1, -0.05) is 42.3 Å². The number of nitrogens with one attached hydrogen (secondary N) is 1. The van der Waals surface area contributed by atoms with Gasteiger partial charge in [0.15, 0.2) is 0 Å². The second-order valence-electron chi connectivity index (χ2n) is 4.84. The molecule has 0 fully saturated rings. The average Bonchev–Trinajstić information content (AvgIpc) is 2.71. The fraction of sp³-hybridized carbons (Fsp3) is 0.400. The zero-order valence-corrected chi connectivity index (χ0v) is 13.5. The SMILES string of the molecule is CCc1nn(C)c(CN[C@H](C)c2cccc(Cl)c2)c1Cl. The largest absolute Gasteiger partial charge is 0.305 e. The van der Waals surface area contributed by atoms with Gasteiger partial charge in [0.1, 0.15) is 0 Å². The Labute approximate surface area is 129 Å². The molecule has 5 heteroatoms. The normalized spacial score (nSPS) is 12.7. The molecule has 0 saturated carbocycles. The van der Waals surface area contributed by atoms with E-state index in [-0.39, 0.29) is 6.04 Å². The highest BCUT2D eigenvalue weighted by atomic mass is 35.5. The molecule has 20 heavy (non-hydrogen) atoms. The average molecular weight is 312 g/mol. The van der Waals surface area contributed by atoms with Crippen LogP contribution in [0.5, 0.6) is 0 Å². The van der Waals surface area contributed by atoms with Crippen molar-refractivity contribution < 1.29 is 0 Å². The Morgan fingerprint density at radius 3 is 2.70 bits per heavy atom. The van der Waals surface area contributed by atoms with Gasteiger partial charge in [-0.2, -0.15) is 5.10 Å². The molecule has 1 N–H and O–H groups in total. The number of hydrogen-bond donors (Lipinski definition) is 1. The molecule has 0 radical (unpaired) electrons. The summed E-state index contributed by atoms with van der Waals surface area (Å²) in [5, 5.41) is 9.39. The van der Waals surface area contributed by atoms with Gasteiger partial charge in [-0.15, -0.1) is 0 Å². The van der Waals surface area contributed by atoms with Crippen LogP contribution in [0.1, 0.15) is 36.8 Å². The summed E-state index contributed by atoms with van der Waals surface area (Å²) in [7, 11) is 1.92. The molecule has 108 valence electrons. The lowest BCUT2D eigenvalue weighted by molar-refractivity contribution is 0.548. The zero-order valence-electron chi connectivity index (χ0n) is 12.0. The molecule has 0 amide bonds. The number of rotatable bonds is 5. The van der Waals surface area contributed by atoms with Crippen molar-refractivity contribution in [2.75, 3.05) is 0 Å². The van der Waals surface area contributed by atoms with Gasteiger partial charge in [-0.3, -0.25) is 4.68 Å². The molecule has 0 aliphatic carbocycles. The summed E-state index contributed by atoms with van der Waals surface area (Å²) in [6.07, 6.45) is 0.844. The summed E-state index contributed by atoms with van der Waals surface area (Å²) in [5.74, 6) is 0. The Kier molecular flexibility index (Phi) is 5.08. The first-order chi connectivity index (χ1) is 9.52. The van der Waals surface area contributed by atoms with Crippen molar-refractivity contribution in [3.05, 3.63) is 51.3 Å². The number of aromatic nitrogens is 2. The van der Waals surface area contributed by atoms with Crippen LogP contribution in [-0.2, 0) is 20.0 Å². The molecule has 0 aliphatic rings. The third-order valence-electron chi connectivity index (χ3n) is 3.43. The second-order valence-corrected chi connectivity index (χ2v) is 5.66. The van der Waals surface area contributed by atoms with Gasteiger partial charge in [-0.05, 0) is 31.0 Å². The van der Waals surface area contributed by atoms with Crippen LogP contribution in [0.3, 0.4) is 0 Å². The summed E-state index contributed by atoms with van der Waals surface area (Å²) in [4.78, 5) is 0. The molecule has 0 aliphatic heterocycles. The molecule has 1 aromatic carbocycles. The summed E-state index contributed by atoms with van der Waals surface area (Å²) in [5.41, 5.74) is 3.12. The minimum Gasteiger partial charge on any atom is -0.305 e. The van der Waals surface area contributed by atoms with E-state index in [4.69, 9.17) is 23.2 Å². The molecule has 1 heterocycles. The van der Waals surface area contributed by atoms with E-state index in [1.165, 1.54) is 0 Å². The van der Waals surface area contributed by atoms with Crippen LogP contribution in [0.2, 0.25) is 10.0 Å². The summed E-state index contributed by atoms with van der Waals surface area (Å²) >= 11 is 12.4. The van der Waals surface area contributed by atoms with Gasteiger partial charge in [0.05, 0.1) is 16.4 Å². The highest BCUT2D eigenvalue weighted by molar-refractivity contribution is 6.32. The Hall–Kier alpha value is -1.03. The first-order valence-electron chi connectivity index (χ1n) is 6.72. The number of hydrogen-bond acceptors (Lipinski definition) is 2. The van der Waals surface area contributed by atoms with E-state index >= 15 is 0 Å². The lowest BCUT2D eigenvalue weighted by atomic mass is 10.1. The first kappa shape index (κ1) is 15.4. The zero-order chi connectivity index (χ0) is 14.7. The van der Waals surface area contributed by atoms with Gasteiger partial charge in [0.2, 0.25) is 0 Å². The quantitative estimate of drug-likeness (QED) is 0.899. The van der Waals surface area contributed by atoms with Crippen molar-refractivity contribution in [2.45, 2.75) is 32.9 Å². The third-order valence-corrected chi connectivity index (χ3v) is 4.10. The third kappa shape index (κ3) is 3.35. The second kappa shape index (κ2) is 6.61. The minimum absolute atomic E-state index is 0.199. The fourth-order valence-electron chi connectivity index (χ4n) is 2.16. The van der Waals surface area contributed by atoms with Crippen molar-refractivity contribution in [2.24, 2.45) is 7.05 Å². The number of benzene rings is 1. The number of aryl methyl sites for hydroxylation is 2. The maximum Gasteiger partial charge on any atom is 0.0863 e.